The van der Waals surface area contributed by atoms with E-state index in [1.54, 1.807) is 21.3 Å². The maximum atomic E-state index is 12.1. The zero-order valence-electron chi connectivity index (χ0n) is 20.0. The molecule has 0 aliphatic heterocycles. The van der Waals surface area contributed by atoms with Crippen molar-refractivity contribution >= 4 is 49.4 Å². The Morgan fingerprint density at radius 3 is 1.82 bits per heavy atom. The molecule has 0 N–H and O–H groups in total. The molecule has 4 aromatic heterocycles. The summed E-state index contributed by atoms with van der Waals surface area (Å²) in [6, 6.07) is 3.32. The number of hydrogen-bond donors (Lipinski definition) is 0. The van der Waals surface area contributed by atoms with E-state index in [0.29, 0.717) is 45.8 Å². The Hall–Kier alpha value is -3.05. The van der Waals surface area contributed by atoms with Gasteiger partial charge in [-0.2, -0.15) is 0 Å². The monoisotopic (exact) mass is 504 g/mol. The van der Waals surface area contributed by atoms with Crippen LogP contribution in [0.5, 0.6) is 0 Å². The number of rotatable bonds is 5. The van der Waals surface area contributed by atoms with Gasteiger partial charge in [0.05, 0.1) is 15.6 Å². The molecule has 0 aliphatic carbocycles. The minimum atomic E-state index is -0.348. The van der Waals surface area contributed by atoms with Crippen molar-refractivity contribution in [2.75, 3.05) is 0 Å². The van der Waals surface area contributed by atoms with Crippen LogP contribution in [0, 0.1) is 11.8 Å². The number of carbonyl (C=O) groups is 1. The van der Waals surface area contributed by atoms with Crippen LogP contribution in [-0.2, 0) is 27.2 Å². The van der Waals surface area contributed by atoms with Crippen LogP contribution < -0.4 is 22.5 Å². The van der Waals surface area contributed by atoms with Crippen molar-refractivity contribution in [3.8, 4) is 0 Å². The molecule has 0 saturated carbocycles. The van der Waals surface area contributed by atoms with Crippen molar-refractivity contribution in [2.24, 2.45) is 25.9 Å². The van der Waals surface area contributed by atoms with Gasteiger partial charge in [-0.25, -0.2) is 9.59 Å². The Morgan fingerprint density at radius 2 is 1.32 bits per heavy atom. The van der Waals surface area contributed by atoms with Crippen molar-refractivity contribution < 1.29 is 4.79 Å². The van der Waals surface area contributed by atoms with Crippen molar-refractivity contribution in [3.05, 3.63) is 64.1 Å². The van der Waals surface area contributed by atoms with Gasteiger partial charge >= 0.3 is 11.4 Å². The third-order valence-electron chi connectivity index (χ3n) is 5.18. The van der Waals surface area contributed by atoms with E-state index in [1.165, 1.54) is 41.3 Å². The Morgan fingerprint density at radius 1 is 0.824 bits per heavy atom. The predicted octanol–water partition coefficient (Wildman–Crippen LogP) is 2.65. The molecule has 0 fully saturated rings. The number of carbonyl (C=O) groups excluding carboxylic acids is 1. The van der Waals surface area contributed by atoms with Crippen molar-refractivity contribution in [2.45, 2.75) is 40.8 Å². The standard InChI is InChI=1S/C12H14N2O3S.C11H14N2O2S/c1-7(2)5-14-11-9(4-8(6-15)18-11)10(16)13(3)12(14)17;1-7(2)6-13-10-8(4-5-16-10)9(14)12(3)11(13)15/h4,6-7H,5H2,1-3H3;4-5,7H,6H2,1-3H3. The van der Waals surface area contributed by atoms with E-state index in [-0.39, 0.29) is 28.4 Å². The first kappa shape index (κ1) is 25.6. The third-order valence-corrected chi connectivity index (χ3v) is 7.20. The molecule has 0 aromatic carbocycles. The van der Waals surface area contributed by atoms with Crippen LogP contribution in [-0.4, -0.2) is 24.6 Å². The lowest BCUT2D eigenvalue weighted by molar-refractivity contribution is 0.112. The molecule has 4 rings (SSSR count). The van der Waals surface area contributed by atoms with Gasteiger partial charge in [0.2, 0.25) is 0 Å². The molecule has 182 valence electrons. The molecule has 0 amide bonds. The van der Waals surface area contributed by atoms with Crippen LogP contribution >= 0.6 is 22.7 Å². The lowest BCUT2D eigenvalue weighted by atomic mass is 10.2. The Balaban J connectivity index is 0.000000192. The predicted molar refractivity (Wildman–Crippen MR) is 138 cm³/mol. The Bertz CT molecular complexity index is 1590. The molecular weight excluding hydrogens is 476 g/mol. The summed E-state index contributed by atoms with van der Waals surface area (Å²) in [5.41, 5.74) is -1.12. The number of aldehydes is 1. The molecule has 0 spiro atoms. The van der Waals surface area contributed by atoms with E-state index >= 15 is 0 Å². The summed E-state index contributed by atoms with van der Waals surface area (Å²) in [6.07, 6.45) is 0.703. The summed E-state index contributed by atoms with van der Waals surface area (Å²) < 4.78 is 5.52. The van der Waals surface area contributed by atoms with Gasteiger partial charge in [-0.3, -0.25) is 32.7 Å². The minimum Gasteiger partial charge on any atom is -0.297 e. The topological polar surface area (TPSA) is 105 Å². The summed E-state index contributed by atoms with van der Waals surface area (Å²) >= 11 is 2.63. The average Bonchev–Trinajstić information content (AvgIpc) is 3.44. The van der Waals surface area contributed by atoms with E-state index in [0.717, 1.165) is 9.40 Å². The van der Waals surface area contributed by atoms with Crippen LogP contribution in [0.25, 0.3) is 20.4 Å². The summed E-state index contributed by atoms with van der Waals surface area (Å²) in [5, 5.41) is 2.92. The Kier molecular flexibility index (Phi) is 7.57. The number of thiophene rings is 2. The minimum absolute atomic E-state index is 0.207. The maximum absolute atomic E-state index is 12.1. The zero-order chi connectivity index (χ0) is 25.3. The first-order valence-corrected chi connectivity index (χ1v) is 12.5. The van der Waals surface area contributed by atoms with Gasteiger partial charge < -0.3 is 0 Å². The zero-order valence-corrected chi connectivity index (χ0v) is 21.7. The second-order valence-corrected chi connectivity index (χ2v) is 10.9. The highest BCUT2D eigenvalue weighted by Crippen LogP contribution is 2.21. The van der Waals surface area contributed by atoms with Crippen LogP contribution in [0.3, 0.4) is 0 Å². The van der Waals surface area contributed by atoms with Crippen LogP contribution in [0.4, 0.5) is 0 Å². The summed E-state index contributed by atoms with van der Waals surface area (Å²) in [5.74, 6) is 0.658. The van der Waals surface area contributed by atoms with E-state index in [9.17, 15) is 24.0 Å². The van der Waals surface area contributed by atoms with E-state index in [2.05, 4.69) is 13.8 Å². The highest BCUT2D eigenvalue weighted by atomic mass is 32.1. The van der Waals surface area contributed by atoms with Crippen molar-refractivity contribution in [3.63, 3.8) is 0 Å². The number of nitrogens with zero attached hydrogens (tertiary/aromatic N) is 4. The molecule has 4 heterocycles. The molecule has 4 aromatic rings. The second-order valence-electron chi connectivity index (χ2n) is 8.93. The molecular formula is C23H28N4O5S2. The fourth-order valence-electron chi connectivity index (χ4n) is 3.61. The van der Waals surface area contributed by atoms with E-state index in [1.807, 2.05) is 19.2 Å². The molecule has 11 heteroatoms. The fourth-order valence-corrected chi connectivity index (χ4v) is 5.47. The number of aromatic nitrogens is 4. The highest BCUT2D eigenvalue weighted by Gasteiger charge is 2.15. The van der Waals surface area contributed by atoms with Crippen LogP contribution in [0.15, 0.2) is 36.7 Å². The van der Waals surface area contributed by atoms with Gasteiger partial charge in [0, 0.05) is 27.2 Å². The second kappa shape index (κ2) is 10.1. The normalized spacial score (nSPS) is 11.4. The van der Waals surface area contributed by atoms with Crippen LogP contribution in [0.2, 0.25) is 0 Å². The quantitative estimate of drug-likeness (QED) is 0.389. The molecule has 0 aliphatic rings. The molecule has 0 radical (unpaired) electrons. The SMILES string of the molecule is CC(C)Cn1c(=O)n(C)c(=O)c2cc(C=O)sc21.CC(C)Cn1c(=O)n(C)c(=O)c2ccsc21. The average molecular weight is 505 g/mol. The molecule has 0 bridgehead atoms. The van der Waals surface area contributed by atoms with E-state index < -0.39 is 0 Å². The Labute approximate surface area is 203 Å². The third kappa shape index (κ3) is 4.76. The van der Waals surface area contributed by atoms with Crippen molar-refractivity contribution in [1.29, 1.82) is 0 Å². The lowest BCUT2D eigenvalue weighted by Crippen LogP contribution is -2.38. The van der Waals surface area contributed by atoms with Gasteiger partial charge in [-0.05, 0) is 29.3 Å². The van der Waals surface area contributed by atoms with Crippen LogP contribution in [0.1, 0.15) is 37.4 Å². The van der Waals surface area contributed by atoms with Gasteiger partial charge in [0.25, 0.3) is 11.1 Å². The van der Waals surface area contributed by atoms with Gasteiger partial charge in [0.1, 0.15) is 9.66 Å². The first-order valence-electron chi connectivity index (χ1n) is 10.8. The number of hydrogen-bond acceptors (Lipinski definition) is 7. The molecule has 0 atom stereocenters. The highest BCUT2D eigenvalue weighted by molar-refractivity contribution is 7.20. The van der Waals surface area contributed by atoms with Crippen molar-refractivity contribution in [1.82, 2.24) is 18.3 Å². The molecule has 0 saturated heterocycles. The summed E-state index contributed by atoms with van der Waals surface area (Å²) in [7, 11) is 2.98. The summed E-state index contributed by atoms with van der Waals surface area (Å²) in [6.45, 7) is 9.27. The first-order chi connectivity index (χ1) is 16.0. The largest absolute Gasteiger partial charge is 0.331 e. The smallest absolute Gasteiger partial charge is 0.297 e. The summed E-state index contributed by atoms with van der Waals surface area (Å²) in [4.78, 5) is 60.4. The van der Waals surface area contributed by atoms with Gasteiger partial charge in [0.15, 0.2) is 6.29 Å². The van der Waals surface area contributed by atoms with Gasteiger partial charge in [-0.15, -0.1) is 22.7 Å². The number of fused-ring (bicyclic) bond motifs is 2. The molecule has 0 unspecified atom stereocenters. The molecule has 9 nitrogen and oxygen atoms in total. The maximum Gasteiger partial charge on any atom is 0.331 e. The van der Waals surface area contributed by atoms with E-state index in [4.69, 9.17) is 0 Å². The molecule has 34 heavy (non-hydrogen) atoms. The lowest BCUT2D eigenvalue weighted by Gasteiger charge is -2.11. The van der Waals surface area contributed by atoms with Gasteiger partial charge in [-0.1, -0.05) is 27.7 Å². The fraction of sp³-hybridized carbons (Fsp3) is 0.435.